The number of hydrogen-bond donors (Lipinski definition) is 3. The van der Waals surface area contributed by atoms with Crippen LogP contribution in [0.3, 0.4) is 0 Å². The number of carbonyl (C=O) groups excluding carboxylic acids is 1. The van der Waals surface area contributed by atoms with Gasteiger partial charge in [0, 0.05) is 5.69 Å². The number of carbonyl (C=O) groups is 2. The third-order valence-electron chi connectivity index (χ3n) is 2.27. The molecule has 6 nitrogen and oxygen atoms in total. The maximum Gasteiger partial charge on any atom is 0.337 e. The zero-order valence-corrected chi connectivity index (χ0v) is 10.4. The van der Waals surface area contributed by atoms with Gasteiger partial charge in [0.1, 0.15) is 6.61 Å². The molecule has 1 aromatic rings. The summed E-state index contributed by atoms with van der Waals surface area (Å²) in [4.78, 5) is 22.5. The number of amides is 1. The largest absolute Gasteiger partial charge is 0.478 e. The highest BCUT2D eigenvalue weighted by molar-refractivity contribution is 6.01. The van der Waals surface area contributed by atoms with Crippen LogP contribution in [0.15, 0.2) is 18.2 Å². The van der Waals surface area contributed by atoms with E-state index in [-0.39, 0.29) is 24.3 Å². The molecule has 1 aromatic carbocycles. The van der Waals surface area contributed by atoms with Crippen molar-refractivity contribution in [3.8, 4) is 0 Å². The number of nitrogens with two attached hydrogens (primary N) is 1. The molecule has 8 heteroatoms. The molecule has 0 aliphatic heterocycles. The van der Waals surface area contributed by atoms with Crippen molar-refractivity contribution in [3.05, 3.63) is 23.8 Å². The number of nitrogens with one attached hydrogen (secondary N) is 1. The Morgan fingerprint density at radius 1 is 1.40 bits per heavy atom. The van der Waals surface area contributed by atoms with Crippen LogP contribution in [0, 0.1) is 0 Å². The Morgan fingerprint density at radius 2 is 2.10 bits per heavy atom. The number of rotatable bonds is 7. The van der Waals surface area contributed by atoms with Crippen LogP contribution in [-0.2, 0) is 9.53 Å². The van der Waals surface area contributed by atoms with Crippen molar-refractivity contribution in [1.29, 1.82) is 0 Å². The van der Waals surface area contributed by atoms with Crippen molar-refractivity contribution in [2.24, 2.45) is 0 Å². The smallest absolute Gasteiger partial charge is 0.337 e. The third kappa shape index (κ3) is 5.19. The zero-order valence-electron chi connectivity index (χ0n) is 10.4. The summed E-state index contributed by atoms with van der Waals surface area (Å²) in [5.41, 5.74) is 5.74. The number of hydrogen-bond acceptors (Lipinski definition) is 4. The van der Waals surface area contributed by atoms with Crippen molar-refractivity contribution < 1.29 is 28.2 Å². The number of benzene rings is 1. The molecule has 0 saturated heterocycles. The summed E-state index contributed by atoms with van der Waals surface area (Å²) in [6, 6.07) is 3.97. The third-order valence-corrected chi connectivity index (χ3v) is 2.27. The molecular formula is C12H14F2N2O4. The summed E-state index contributed by atoms with van der Waals surface area (Å²) in [5.74, 6) is -1.76. The van der Waals surface area contributed by atoms with Gasteiger partial charge < -0.3 is 20.9 Å². The SMILES string of the molecule is Nc1ccc(C(=O)O)c(NC(=O)CCOCC(F)F)c1. The van der Waals surface area contributed by atoms with Gasteiger partial charge in [-0.05, 0) is 18.2 Å². The molecule has 0 heterocycles. The van der Waals surface area contributed by atoms with Crippen LogP contribution >= 0.6 is 0 Å². The summed E-state index contributed by atoms with van der Waals surface area (Å²) in [6.07, 6.45) is -2.76. The Hall–Kier alpha value is -2.22. The molecule has 0 aliphatic carbocycles. The normalized spacial score (nSPS) is 10.6. The topological polar surface area (TPSA) is 102 Å². The van der Waals surface area contributed by atoms with Crippen LogP contribution in [0.5, 0.6) is 0 Å². The second-order valence-corrected chi connectivity index (χ2v) is 3.87. The highest BCUT2D eigenvalue weighted by Crippen LogP contribution is 2.19. The lowest BCUT2D eigenvalue weighted by Gasteiger charge is -2.09. The fourth-order valence-corrected chi connectivity index (χ4v) is 1.40. The number of anilines is 2. The van der Waals surface area contributed by atoms with Crippen molar-refractivity contribution in [1.82, 2.24) is 0 Å². The molecule has 4 N–H and O–H groups in total. The van der Waals surface area contributed by atoms with Crippen LogP contribution in [0.2, 0.25) is 0 Å². The first kappa shape index (κ1) is 15.8. The highest BCUT2D eigenvalue weighted by Gasteiger charge is 2.13. The number of halogens is 2. The van der Waals surface area contributed by atoms with E-state index in [1.807, 2.05) is 0 Å². The average molecular weight is 288 g/mol. The van der Waals surface area contributed by atoms with Crippen LogP contribution in [0.25, 0.3) is 0 Å². The van der Waals surface area contributed by atoms with Crippen molar-refractivity contribution in [2.75, 3.05) is 24.3 Å². The molecule has 0 spiro atoms. The lowest BCUT2D eigenvalue weighted by atomic mass is 10.1. The molecule has 0 saturated carbocycles. The predicted molar refractivity (Wildman–Crippen MR) is 67.9 cm³/mol. The first-order valence-electron chi connectivity index (χ1n) is 5.68. The van der Waals surface area contributed by atoms with E-state index in [4.69, 9.17) is 10.8 Å². The number of ether oxygens (including phenoxy) is 1. The molecule has 0 fully saturated rings. The summed E-state index contributed by atoms with van der Waals surface area (Å²) < 4.78 is 28.1. The second-order valence-electron chi connectivity index (χ2n) is 3.87. The van der Waals surface area contributed by atoms with Crippen molar-refractivity contribution in [3.63, 3.8) is 0 Å². The average Bonchev–Trinajstić information content (AvgIpc) is 2.34. The molecule has 0 bridgehead atoms. The fourth-order valence-electron chi connectivity index (χ4n) is 1.40. The number of alkyl halides is 2. The Kier molecular flexibility index (Phi) is 5.85. The maximum absolute atomic E-state index is 11.8. The van der Waals surface area contributed by atoms with E-state index in [1.54, 1.807) is 0 Å². The van der Waals surface area contributed by atoms with Gasteiger partial charge in [0.05, 0.1) is 24.3 Å². The van der Waals surface area contributed by atoms with Crippen LogP contribution in [0.4, 0.5) is 20.2 Å². The molecular weight excluding hydrogens is 274 g/mol. The summed E-state index contributed by atoms with van der Waals surface area (Å²) in [7, 11) is 0. The second kappa shape index (κ2) is 7.39. The molecule has 20 heavy (non-hydrogen) atoms. The first-order chi connectivity index (χ1) is 9.40. The number of nitrogen functional groups attached to an aromatic ring is 1. The first-order valence-corrected chi connectivity index (χ1v) is 5.68. The Morgan fingerprint density at radius 3 is 2.70 bits per heavy atom. The molecule has 1 rings (SSSR count). The van der Waals surface area contributed by atoms with Crippen LogP contribution in [0.1, 0.15) is 16.8 Å². The van der Waals surface area contributed by atoms with Crippen LogP contribution < -0.4 is 11.1 Å². The van der Waals surface area contributed by atoms with E-state index in [1.165, 1.54) is 18.2 Å². The number of carboxylic acids is 1. The standard InChI is InChI=1S/C12H14F2N2O4/c13-10(14)6-20-4-3-11(17)16-9-5-7(15)1-2-8(9)12(18)19/h1-2,5,10H,3-4,6,15H2,(H,16,17)(H,18,19). The van der Waals surface area contributed by atoms with Gasteiger partial charge in [0.2, 0.25) is 5.91 Å². The minimum Gasteiger partial charge on any atom is -0.478 e. The Bertz CT molecular complexity index is 494. The lowest BCUT2D eigenvalue weighted by Crippen LogP contribution is -2.17. The van der Waals surface area contributed by atoms with Gasteiger partial charge in [-0.2, -0.15) is 0 Å². The van der Waals surface area contributed by atoms with E-state index in [2.05, 4.69) is 10.1 Å². The summed E-state index contributed by atoms with van der Waals surface area (Å²) >= 11 is 0. The predicted octanol–water partition coefficient (Wildman–Crippen LogP) is 1.58. The minimum atomic E-state index is -2.59. The van der Waals surface area contributed by atoms with E-state index in [0.29, 0.717) is 5.69 Å². The van der Waals surface area contributed by atoms with E-state index < -0.39 is 24.9 Å². The molecule has 110 valence electrons. The number of aromatic carboxylic acids is 1. The quantitative estimate of drug-likeness (QED) is 0.522. The van der Waals surface area contributed by atoms with Crippen molar-refractivity contribution >= 4 is 23.3 Å². The summed E-state index contributed by atoms with van der Waals surface area (Å²) in [5, 5.41) is 11.3. The van der Waals surface area contributed by atoms with E-state index in [9.17, 15) is 18.4 Å². The van der Waals surface area contributed by atoms with Gasteiger partial charge in [-0.25, -0.2) is 13.6 Å². The van der Waals surface area contributed by atoms with Gasteiger partial charge in [0.15, 0.2) is 0 Å². The van der Waals surface area contributed by atoms with Gasteiger partial charge in [-0.3, -0.25) is 4.79 Å². The molecule has 0 aromatic heterocycles. The minimum absolute atomic E-state index is 0.0522. The molecule has 1 amide bonds. The molecule has 0 atom stereocenters. The Labute approximate surface area is 113 Å². The molecule has 0 unspecified atom stereocenters. The van der Waals surface area contributed by atoms with Gasteiger partial charge in [-0.15, -0.1) is 0 Å². The van der Waals surface area contributed by atoms with E-state index >= 15 is 0 Å². The lowest BCUT2D eigenvalue weighted by molar-refractivity contribution is -0.117. The van der Waals surface area contributed by atoms with Gasteiger partial charge in [-0.1, -0.05) is 0 Å². The molecule has 0 aliphatic rings. The zero-order chi connectivity index (χ0) is 15.1. The number of carboxylic acid groups (broad SMARTS) is 1. The van der Waals surface area contributed by atoms with Gasteiger partial charge in [0.25, 0.3) is 6.43 Å². The monoisotopic (exact) mass is 288 g/mol. The fraction of sp³-hybridized carbons (Fsp3) is 0.333. The highest BCUT2D eigenvalue weighted by atomic mass is 19.3. The van der Waals surface area contributed by atoms with Crippen LogP contribution in [-0.4, -0.2) is 36.6 Å². The van der Waals surface area contributed by atoms with Crippen molar-refractivity contribution in [2.45, 2.75) is 12.8 Å². The van der Waals surface area contributed by atoms with Gasteiger partial charge >= 0.3 is 5.97 Å². The summed E-state index contributed by atoms with van der Waals surface area (Å²) in [6.45, 7) is -0.924. The van der Waals surface area contributed by atoms with E-state index in [0.717, 1.165) is 0 Å². The Balaban J connectivity index is 2.57. The molecule has 0 radical (unpaired) electrons. The maximum atomic E-state index is 11.8.